The van der Waals surface area contributed by atoms with Gasteiger partial charge in [-0.25, -0.2) is 4.31 Å². The second-order valence-electron chi connectivity index (χ2n) is 6.18. The summed E-state index contributed by atoms with van der Waals surface area (Å²) in [5.74, 6) is 0. The van der Waals surface area contributed by atoms with Gasteiger partial charge < -0.3 is 18.8 Å². The summed E-state index contributed by atoms with van der Waals surface area (Å²) in [6.45, 7) is 4.07. The van der Waals surface area contributed by atoms with E-state index in [9.17, 15) is 18.9 Å². The van der Waals surface area contributed by atoms with Gasteiger partial charge in [-0.15, -0.1) is 0 Å². The molecule has 11 heteroatoms. The fourth-order valence-electron chi connectivity index (χ4n) is 2.29. The normalized spacial score (nSPS) is 15.3. The Kier molecular flexibility index (Phi) is 27.0. The Balaban J connectivity index is -0.00000288. The van der Waals surface area contributed by atoms with E-state index < -0.39 is 15.6 Å². The molecule has 0 saturated carbocycles. The predicted octanol–water partition coefficient (Wildman–Crippen LogP) is -1.30. The molecule has 0 N–H and O–H groups in total. The summed E-state index contributed by atoms with van der Waals surface area (Å²) in [6, 6.07) is 0. The van der Waals surface area contributed by atoms with Crippen molar-refractivity contribution in [3.05, 3.63) is 0 Å². The molecule has 7 nitrogen and oxygen atoms in total. The molecular formula is C16H34Na2O7P2. The minimum Gasteiger partial charge on any atom is -0.756 e. The van der Waals surface area contributed by atoms with Crippen LogP contribution in [-0.2, 0) is 22.5 Å². The SMILES string of the molecule is CCCCCCCCOP(=O)([O-])OP(=O)([O-])OCCCCCCCC.[Na+].[Na+]. The average Bonchev–Trinajstić information content (AvgIpc) is 2.52. The van der Waals surface area contributed by atoms with Crippen molar-refractivity contribution in [3.8, 4) is 0 Å². The molecule has 0 fully saturated rings. The third-order valence-corrected chi connectivity index (χ3v) is 6.29. The smallest absolute Gasteiger partial charge is 0.756 e. The second kappa shape index (κ2) is 21.5. The first-order chi connectivity index (χ1) is 11.8. The summed E-state index contributed by atoms with van der Waals surface area (Å²) in [5.41, 5.74) is 0. The summed E-state index contributed by atoms with van der Waals surface area (Å²) in [5, 5.41) is 0. The van der Waals surface area contributed by atoms with E-state index in [1.54, 1.807) is 0 Å². The standard InChI is InChI=1S/C16H36O7P2.2Na/c1-3-5-7-9-11-13-15-21-24(17,18)23-25(19,20)22-16-14-12-10-8-6-4-2;;/h3-16H2,1-2H3,(H,17,18)(H,19,20);;/q;2*+1/p-2. The van der Waals surface area contributed by atoms with E-state index in [0.29, 0.717) is 12.8 Å². The van der Waals surface area contributed by atoms with Crippen molar-refractivity contribution in [2.75, 3.05) is 13.2 Å². The van der Waals surface area contributed by atoms with Gasteiger partial charge in [-0.05, 0) is 12.8 Å². The molecule has 0 saturated heterocycles. The Labute approximate surface area is 209 Å². The van der Waals surface area contributed by atoms with Crippen LogP contribution < -0.4 is 68.9 Å². The topological polar surface area (TPSA) is 108 Å². The van der Waals surface area contributed by atoms with Gasteiger partial charge in [-0.1, -0.05) is 78.1 Å². The molecule has 0 aliphatic heterocycles. The van der Waals surface area contributed by atoms with Crippen molar-refractivity contribution in [2.24, 2.45) is 0 Å². The first-order valence-electron chi connectivity index (χ1n) is 9.45. The second-order valence-corrected chi connectivity index (χ2v) is 9.14. The van der Waals surface area contributed by atoms with Crippen LogP contribution >= 0.6 is 15.6 Å². The van der Waals surface area contributed by atoms with Crippen LogP contribution in [0.15, 0.2) is 0 Å². The Morgan fingerprint density at radius 1 is 0.593 bits per heavy atom. The monoisotopic (exact) mass is 446 g/mol. The van der Waals surface area contributed by atoms with Crippen molar-refractivity contribution in [1.82, 2.24) is 0 Å². The van der Waals surface area contributed by atoms with Gasteiger partial charge in [0.25, 0.3) is 15.6 Å². The molecule has 0 bridgehead atoms. The van der Waals surface area contributed by atoms with Gasteiger partial charge in [-0.3, -0.25) is 9.13 Å². The van der Waals surface area contributed by atoms with Crippen LogP contribution in [0.3, 0.4) is 0 Å². The Morgan fingerprint density at radius 2 is 0.889 bits per heavy atom. The van der Waals surface area contributed by atoms with E-state index >= 15 is 0 Å². The minimum atomic E-state index is -4.90. The first kappa shape index (κ1) is 33.9. The van der Waals surface area contributed by atoms with Gasteiger partial charge in [0.1, 0.15) is 0 Å². The molecule has 0 radical (unpaired) electrons. The molecule has 2 unspecified atom stereocenters. The average molecular weight is 446 g/mol. The zero-order chi connectivity index (χ0) is 19.0. The van der Waals surface area contributed by atoms with Crippen molar-refractivity contribution < 1.29 is 91.4 Å². The van der Waals surface area contributed by atoms with E-state index in [-0.39, 0.29) is 72.3 Å². The Morgan fingerprint density at radius 3 is 1.22 bits per heavy atom. The summed E-state index contributed by atoms with van der Waals surface area (Å²) < 4.78 is 36.2. The summed E-state index contributed by atoms with van der Waals surface area (Å²) in [6.07, 6.45) is 11.5. The molecule has 27 heavy (non-hydrogen) atoms. The van der Waals surface area contributed by atoms with Gasteiger partial charge in [-0.2, -0.15) is 0 Å². The molecule has 0 amide bonds. The zero-order valence-corrected chi connectivity index (χ0v) is 23.4. The van der Waals surface area contributed by atoms with Crippen LogP contribution in [0.25, 0.3) is 0 Å². The molecule has 2 atom stereocenters. The quantitative estimate of drug-likeness (QED) is 0.146. The number of rotatable bonds is 18. The minimum absolute atomic E-state index is 0. The van der Waals surface area contributed by atoms with Crippen molar-refractivity contribution in [3.63, 3.8) is 0 Å². The summed E-state index contributed by atoms with van der Waals surface area (Å²) >= 11 is 0. The van der Waals surface area contributed by atoms with Crippen LogP contribution in [0.1, 0.15) is 90.9 Å². The number of hydrogen-bond acceptors (Lipinski definition) is 7. The van der Waals surface area contributed by atoms with E-state index in [1.807, 2.05) is 0 Å². The van der Waals surface area contributed by atoms with E-state index in [0.717, 1.165) is 64.2 Å². The van der Waals surface area contributed by atoms with Gasteiger partial charge in [0.05, 0.1) is 13.2 Å². The molecule has 0 aromatic rings. The van der Waals surface area contributed by atoms with Crippen molar-refractivity contribution in [1.29, 1.82) is 0 Å². The maximum Gasteiger partial charge on any atom is 1.00 e. The van der Waals surface area contributed by atoms with Crippen LogP contribution in [0.5, 0.6) is 0 Å². The van der Waals surface area contributed by atoms with Crippen LogP contribution in [0, 0.1) is 0 Å². The number of phosphoric acid groups is 2. The van der Waals surface area contributed by atoms with Crippen LogP contribution in [0.4, 0.5) is 0 Å². The van der Waals surface area contributed by atoms with Crippen LogP contribution in [0.2, 0.25) is 0 Å². The number of phosphoric ester groups is 2. The molecule has 152 valence electrons. The largest absolute Gasteiger partial charge is 1.00 e. The fourth-order valence-corrected chi connectivity index (χ4v) is 4.35. The molecule has 0 aromatic heterocycles. The maximum atomic E-state index is 11.5. The third-order valence-electron chi connectivity index (χ3n) is 3.69. The summed E-state index contributed by atoms with van der Waals surface area (Å²) in [7, 11) is -9.79. The van der Waals surface area contributed by atoms with Crippen LogP contribution in [-0.4, -0.2) is 13.2 Å². The molecule has 0 heterocycles. The van der Waals surface area contributed by atoms with Crippen molar-refractivity contribution >= 4 is 15.6 Å². The van der Waals surface area contributed by atoms with Gasteiger partial charge in [0.2, 0.25) is 0 Å². The number of unbranched alkanes of at least 4 members (excludes halogenated alkanes) is 10. The first-order valence-corrected chi connectivity index (χ1v) is 12.4. The van der Waals surface area contributed by atoms with E-state index in [4.69, 9.17) is 0 Å². The van der Waals surface area contributed by atoms with E-state index in [2.05, 4.69) is 27.2 Å². The molecule has 0 aliphatic rings. The Hall–Kier alpha value is 2.26. The zero-order valence-electron chi connectivity index (χ0n) is 17.7. The van der Waals surface area contributed by atoms with Gasteiger partial charge in [0, 0.05) is 0 Å². The van der Waals surface area contributed by atoms with Gasteiger partial charge in [0.15, 0.2) is 0 Å². The third kappa shape index (κ3) is 24.4. The number of hydrogen-bond donors (Lipinski definition) is 0. The van der Waals surface area contributed by atoms with Gasteiger partial charge >= 0.3 is 59.1 Å². The summed E-state index contributed by atoms with van der Waals surface area (Å²) in [4.78, 5) is 23.0. The Bertz CT molecular complexity index is 378. The maximum absolute atomic E-state index is 11.5. The van der Waals surface area contributed by atoms with Crippen molar-refractivity contribution in [2.45, 2.75) is 90.9 Å². The molecule has 0 aromatic carbocycles. The molecule has 0 aliphatic carbocycles. The van der Waals surface area contributed by atoms with E-state index in [1.165, 1.54) is 0 Å². The predicted molar refractivity (Wildman–Crippen MR) is 95.0 cm³/mol. The molecule has 0 spiro atoms. The molecular weight excluding hydrogens is 412 g/mol. The fraction of sp³-hybridized carbons (Fsp3) is 1.00. The molecule has 0 rings (SSSR count).